The first-order valence-corrected chi connectivity index (χ1v) is 9.91. The van der Waals surface area contributed by atoms with E-state index >= 15 is 0 Å². The first kappa shape index (κ1) is 20.6. The molecular formula is C25H21FN2O3. The summed E-state index contributed by atoms with van der Waals surface area (Å²) in [6.45, 7) is -0.293. The molecule has 31 heavy (non-hydrogen) atoms. The topological polar surface area (TPSA) is 73.6 Å². The monoisotopic (exact) mass is 416 g/mol. The lowest BCUT2D eigenvalue weighted by atomic mass is 9.75. The second kappa shape index (κ2) is 8.58. The van der Waals surface area contributed by atoms with Crippen LogP contribution in [-0.2, 0) is 0 Å². The van der Waals surface area contributed by atoms with Crippen molar-refractivity contribution in [3.8, 4) is 22.9 Å². The SMILES string of the molecule is COc1ccccc1-c1ccc([C@H]2[C@@H](CO)N(C(=O)c3cccc(F)c3)[C@H]2C#N)cc1. The lowest BCUT2D eigenvalue weighted by Gasteiger charge is -2.51. The number of aliphatic hydroxyl groups is 1. The van der Waals surface area contributed by atoms with Gasteiger partial charge in [-0.1, -0.05) is 48.5 Å². The highest BCUT2D eigenvalue weighted by Crippen LogP contribution is 2.42. The first-order chi connectivity index (χ1) is 15.1. The molecule has 0 spiro atoms. The molecule has 0 saturated carbocycles. The number of para-hydroxylation sites is 1. The van der Waals surface area contributed by atoms with Crippen LogP contribution in [0.1, 0.15) is 21.8 Å². The molecule has 1 aliphatic rings. The molecule has 4 rings (SSSR count). The lowest BCUT2D eigenvalue weighted by Crippen LogP contribution is -2.65. The number of carbonyl (C=O) groups is 1. The molecular weight excluding hydrogens is 395 g/mol. The molecule has 0 aliphatic carbocycles. The van der Waals surface area contributed by atoms with Crippen molar-refractivity contribution in [2.45, 2.75) is 18.0 Å². The molecule has 0 aromatic heterocycles. The third-order valence-electron chi connectivity index (χ3n) is 5.75. The molecule has 0 bridgehead atoms. The van der Waals surface area contributed by atoms with Crippen LogP contribution in [0.3, 0.4) is 0 Å². The van der Waals surface area contributed by atoms with Crippen LogP contribution in [0.2, 0.25) is 0 Å². The summed E-state index contributed by atoms with van der Waals surface area (Å²) in [7, 11) is 1.62. The van der Waals surface area contributed by atoms with Gasteiger partial charge in [0.15, 0.2) is 0 Å². The third kappa shape index (κ3) is 3.65. The second-order valence-corrected chi connectivity index (χ2v) is 7.39. The molecule has 6 heteroatoms. The predicted octanol–water partition coefficient (Wildman–Crippen LogP) is 3.99. The van der Waals surface area contributed by atoms with Gasteiger partial charge in [-0.2, -0.15) is 5.26 Å². The molecule has 3 aromatic carbocycles. The standard InChI is InChI=1S/C25H21FN2O3/c1-31-23-8-3-2-7-20(23)16-9-11-17(12-10-16)24-21(14-27)28(22(24)15-29)25(30)18-5-4-6-19(26)13-18/h2-13,21-22,24,29H,15H2,1H3/t21-,22+,24+/m0/s1. The number of nitrogens with zero attached hydrogens (tertiary/aromatic N) is 2. The van der Waals surface area contributed by atoms with Crippen molar-refractivity contribution in [3.05, 3.63) is 89.7 Å². The van der Waals surface area contributed by atoms with Crippen molar-refractivity contribution in [1.29, 1.82) is 5.26 Å². The van der Waals surface area contributed by atoms with Crippen molar-refractivity contribution < 1.29 is 19.0 Å². The van der Waals surface area contributed by atoms with E-state index in [1.165, 1.54) is 23.1 Å². The number of amides is 1. The third-order valence-corrected chi connectivity index (χ3v) is 5.75. The van der Waals surface area contributed by atoms with E-state index in [2.05, 4.69) is 6.07 Å². The van der Waals surface area contributed by atoms with Gasteiger partial charge in [-0.15, -0.1) is 0 Å². The lowest BCUT2D eigenvalue weighted by molar-refractivity contribution is -0.00587. The van der Waals surface area contributed by atoms with Gasteiger partial charge in [0.2, 0.25) is 0 Å². The number of hydrogen-bond donors (Lipinski definition) is 1. The fourth-order valence-corrected chi connectivity index (χ4v) is 4.23. The van der Waals surface area contributed by atoms with E-state index in [4.69, 9.17) is 4.74 Å². The highest BCUT2D eigenvalue weighted by molar-refractivity contribution is 5.96. The highest BCUT2D eigenvalue weighted by Gasteiger charge is 2.51. The summed E-state index contributed by atoms with van der Waals surface area (Å²) < 4.78 is 19.0. The smallest absolute Gasteiger partial charge is 0.255 e. The molecule has 156 valence electrons. The fraction of sp³-hybridized carbons (Fsp3) is 0.200. The van der Waals surface area contributed by atoms with Crippen molar-refractivity contribution in [2.24, 2.45) is 0 Å². The van der Waals surface area contributed by atoms with Crippen LogP contribution in [-0.4, -0.2) is 41.7 Å². The number of halogens is 1. The van der Waals surface area contributed by atoms with Gasteiger partial charge >= 0.3 is 0 Å². The predicted molar refractivity (Wildman–Crippen MR) is 114 cm³/mol. The maximum Gasteiger partial charge on any atom is 0.255 e. The minimum absolute atomic E-state index is 0.156. The van der Waals surface area contributed by atoms with E-state index in [1.54, 1.807) is 7.11 Å². The highest BCUT2D eigenvalue weighted by atomic mass is 19.1. The zero-order valence-corrected chi connectivity index (χ0v) is 16.9. The van der Waals surface area contributed by atoms with E-state index in [1.807, 2.05) is 48.5 Å². The molecule has 5 nitrogen and oxygen atoms in total. The van der Waals surface area contributed by atoms with E-state index < -0.39 is 23.8 Å². The van der Waals surface area contributed by atoms with Gasteiger partial charge in [-0.05, 0) is 35.4 Å². The molecule has 1 saturated heterocycles. The molecule has 0 radical (unpaired) electrons. The minimum Gasteiger partial charge on any atom is -0.496 e. The number of likely N-dealkylation sites (tertiary alicyclic amines) is 1. The summed E-state index contributed by atoms with van der Waals surface area (Å²) in [6, 6.07) is 21.6. The number of aliphatic hydroxyl groups excluding tert-OH is 1. The van der Waals surface area contributed by atoms with Crippen LogP contribution >= 0.6 is 0 Å². The van der Waals surface area contributed by atoms with Crippen LogP contribution in [0.25, 0.3) is 11.1 Å². The molecule has 0 unspecified atom stereocenters. The van der Waals surface area contributed by atoms with Crippen molar-refractivity contribution in [2.75, 3.05) is 13.7 Å². The first-order valence-electron chi connectivity index (χ1n) is 9.91. The summed E-state index contributed by atoms with van der Waals surface area (Å²) in [5.41, 5.74) is 2.92. The quantitative estimate of drug-likeness (QED) is 0.683. The Morgan fingerprint density at radius 1 is 1.13 bits per heavy atom. The van der Waals surface area contributed by atoms with E-state index in [9.17, 15) is 19.6 Å². The number of methoxy groups -OCH3 is 1. The van der Waals surface area contributed by atoms with Crippen LogP contribution in [0.15, 0.2) is 72.8 Å². The number of rotatable bonds is 5. The molecule has 1 fully saturated rings. The Balaban J connectivity index is 1.61. The van der Waals surface area contributed by atoms with Crippen LogP contribution in [0, 0.1) is 17.1 Å². The van der Waals surface area contributed by atoms with E-state index in [0.29, 0.717) is 0 Å². The Morgan fingerprint density at radius 2 is 1.87 bits per heavy atom. The van der Waals surface area contributed by atoms with Gasteiger partial charge in [0.25, 0.3) is 5.91 Å². The van der Waals surface area contributed by atoms with Gasteiger partial charge in [0.05, 0.1) is 25.8 Å². The number of benzene rings is 3. The zero-order chi connectivity index (χ0) is 22.0. The van der Waals surface area contributed by atoms with Crippen molar-refractivity contribution in [3.63, 3.8) is 0 Å². The van der Waals surface area contributed by atoms with Gasteiger partial charge in [-0.25, -0.2) is 4.39 Å². The maximum atomic E-state index is 13.6. The number of nitriles is 1. The summed E-state index contributed by atoms with van der Waals surface area (Å²) >= 11 is 0. The van der Waals surface area contributed by atoms with Crippen molar-refractivity contribution in [1.82, 2.24) is 4.90 Å². The zero-order valence-electron chi connectivity index (χ0n) is 16.9. The number of carbonyl (C=O) groups excluding carboxylic acids is 1. The normalized spacial score (nSPS) is 19.9. The Kier molecular flexibility index (Phi) is 5.70. The molecule has 1 amide bonds. The molecule has 3 atom stereocenters. The van der Waals surface area contributed by atoms with E-state index in [0.717, 1.165) is 28.5 Å². The van der Waals surface area contributed by atoms with Crippen LogP contribution < -0.4 is 4.74 Å². The molecule has 3 aromatic rings. The Bertz CT molecular complexity index is 1140. The number of ether oxygens (including phenoxy) is 1. The summed E-state index contributed by atoms with van der Waals surface area (Å²) in [6.07, 6.45) is 0. The Morgan fingerprint density at radius 3 is 2.52 bits per heavy atom. The summed E-state index contributed by atoms with van der Waals surface area (Å²) in [4.78, 5) is 14.2. The van der Waals surface area contributed by atoms with Gasteiger partial charge in [-0.3, -0.25) is 4.79 Å². The molecule has 1 aliphatic heterocycles. The Labute approximate surface area is 179 Å². The second-order valence-electron chi connectivity index (χ2n) is 7.39. The minimum atomic E-state index is -0.745. The van der Waals surface area contributed by atoms with Crippen molar-refractivity contribution >= 4 is 5.91 Å². The Hall–Kier alpha value is -3.69. The largest absolute Gasteiger partial charge is 0.496 e. The number of hydrogen-bond acceptors (Lipinski definition) is 4. The fourth-order valence-electron chi connectivity index (χ4n) is 4.23. The molecule has 1 N–H and O–H groups in total. The van der Waals surface area contributed by atoms with Crippen LogP contribution in [0.5, 0.6) is 5.75 Å². The summed E-state index contributed by atoms with van der Waals surface area (Å²) in [5.74, 6) is -0.566. The maximum absolute atomic E-state index is 13.6. The van der Waals surface area contributed by atoms with E-state index in [-0.39, 0.29) is 18.1 Å². The molecule has 1 heterocycles. The summed E-state index contributed by atoms with van der Waals surface area (Å²) in [5, 5.41) is 19.7. The average molecular weight is 416 g/mol. The van der Waals surface area contributed by atoms with Crippen LogP contribution in [0.4, 0.5) is 4.39 Å². The van der Waals surface area contributed by atoms with Gasteiger partial charge in [0.1, 0.15) is 17.6 Å². The van der Waals surface area contributed by atoms with Gasteiger partial charge < -0.3 is 14.7 Å². The average Bonchev–Trinajstić information content (AvgIpc) is 2.79. The van der Waals surface area contributed by atoms with Gasteiger partial charge in [0, 0.05) is 17.0 Å².